The number of hydrogen-bond donors (Lipinski definition) is 2. The summed E-state index contributed by atoms with van der Waals surface area (Å²) >= 11 is -1.87. The lowest BCUT2D eigenvalue weighted by Crippen LogP contribution is -2.50. The van der Waals surface area contributed by atoms with Crippen molar-refractivity contribution < 1.29 is 28.8 Å². The first-order chi connectivity index (χ1) is 19.8. The van der Waals surface area contributed by atoms with E-state index in [2.05, 4.69) is 27.7 Å². The van der Waals surface area contributed by atoms with E-state index in [1.807, 2.05) is 0 Å². The molecule has 0 bridgehead atoms. The number of quaternary nitrogens is 1. The normalized spacial score (nSPS) is 11.3. The summed E-state index contributed by atoms with van der Waals surface area (Å²) in [5.74, 6) is -2.41. The lowest BCUT2D eigenvalue weighted by atomic mass is 10.1. The van der Waals surface area contributed by atoms with Crippen molar-refractivity contribution in [3.8, 4) is 0 Å². The lowest BCUT2D eigenvalue weighted by Gasteiger charge is -2.39. The molecule has 0 aliphatic heterocycles. The van der Waals surface area contributed by atoms with E-state index in [9.17, 15) is 14.1 Å². The average molecular weight is 589 g/mol. The third-order valence-electron chi connectivity index (χ3n) is 7.58. The number of benzene rings is 2. The molecule has 0 fully saturated rings. The zero-order chi connectivity index (χ0) is 30.5. The van der Waals surface area contributed by atoms with Gasteiger partial charge in [-0.3, -0.25) is 0 Å². The molecule has 2 aromatic carbocycles. The van der Waals surface area contributed by atoms with Crippen molar-refractivity contribution >= 4 is 23.1 Å². The zero-order valence-electron chi connectivity index (χ0n) is 25.9. The summed E-state index contributed by atoms with van der Waals surface area (Å²) in [5, 5.41) is 18.2. The maximum Gasteiger partial charge on any atom is 0.340 e. The maximum absolute atomic E-state index is 12.5. The molecule has 7 heteroatoms. The molecule has 0 saturated heterocycles. The van der Waals surface area contributed by atoms with Gasteiger partial charge in [0.2, 0.25) is 0 Å². The minimum absolute atomic E-state index is 0.0775. The van der Waals surface area contributed by atoms with Crippen LogP contribution in [0.4, 0.5) is 0 Å². The Morgan fingerprint density at radius 2 is 0.878 bits per heavy atom. The van der Waals surface area contributed by atoms with Crippen molar-refractivity contribution in [2.45, 2.75) is 115 Å². The first-order valence-corrected chi connectivity index (χ1v) is 16.8. The van der Waals surface area contributed by atoms with E-state index in [0.29, 0.717) is 0 Å². The van der Waals surface area contributed by atoms with Crippen LogP contribution < -0.4 is 0 Å². The fraction of sp³-hybridized carbons (Fsp3) is 0.588. The first kappa shape index (κ1) is 36.7. The molecule has 0 saturated carbocycles. The van der Waals surface area contributed by atoms with Gasteiger partial charge in [0, 0.05) is 11.2 Å². The number of rotatable bonds is 20. The number of carboxylic acids is 2. The molecule has 230 valence electrons. The van der Waals surface area contributed by atoms with Crippen LogP contribution in [0.25, 0.3) is 0 Å². The second kappa shape index (κ2) is 21.4. The quantitative estimate of drug-likeness (QED) is 0.0915. The van der Waals surface area contributed by atoms with Crippen LogP contribution in [0, 0.1) is 0 Å². The van der Waals surface area contributed by atoms with Crippen molar-refractivity contribution in [1.29, 1.82) is 0 Å². The molecular weight excluding hydrogens is 534 g/mol. The Balaban J connectivity index is 0.000000410. The standard InChI is InChI=1S/C20H44N.C14H10O5S/c1-5-9-13-17-21(18-14-10-6-2,19-15-11-7-3)20-16-12-8-4;15-13(16)9-5-1-3-7-11(9)20(19)12-8-4-2-6-10(12)14(17)18/h5-20H2,1-4H3;1-8H,(H,15,16)(H,17,18)/q+1;. The Morgan fingerprint density at radius 3 is 1.15 bits per heavy atom. The van der Waals surface area contributed by atoms with Gasteiger partial charge in [-0.2, -0.15) is 0 Å². The number of aromatic carboxylic acids is 2. The van der Waals surface area contributed by atoms with Gasteiger partial charge >= 0.3 is 11.9 Å². The second-order valence-corrected chi connectivity index (χ2v) is 12.4. The molecule has 0 atom stereocenters. The maximum atomic E-state index is 12.5. The summed E-state index contributed by atoms with van der Waals surface area (Å²) in [6.45, 7) is 15.1. The molecule has 0 aromatic heterocycles. The monoisotopic (exact) mass is 588 g/mol. The Hall–Kier alpha value is -2.35. The smallest absolute Gasteiger partial charge is 0.340 e. The zero-order valence-corrected chi connectivity index (χ0v) is 26.7. The van der Waals surface area contributed by atoms with Gasteiger partial charge in [-0.05, 0) is 75.6 Å². The highest BCUT2D eigenvalue weighted by atomic mass is 32.2. The van der Waals surface area contributed by atoms with Crippen LogP contribution in [0.3, 0.4) is 0 Å². The summed E-state index contributed by atoms with van der Waals surface area (Å²) in [5.41, 5.74) is -0.211. The third kappa shape index (κ3) is 13.4. The molecule has 0 aliphatic rings. The van der Waals surface area contributed by atoms with Crippen molar-refractivity contribution in [3.63, 3.8) is 0 Å². The van der Waals surface area contributed by atoms with Gasteiger partial charge in [-0.25, -0.2) is 9.59 Å². The van der Waals surface area contributed by atoms with E-state index in [-0.39, 0.29) is 20.9 Å². The molecule has 41 heavy (non-hydrogen) atoms. The molecule has 2 rings (SSSR count). The Labute approximate surface area is 251 Å². The van der Waals surface area contributed by atoms with E-state index < -0.39 is 23.1 Å². The highest BCUT2D eigenvalue weighted by Gasteiger charge is 2.27. The molecule has 0 amide bonds. The summed E-state index contributed by atoms with van der Waals surface area (Å²) in [6.07, 6.45) is 16.9. The van der Waals surface area contributed by atoms with Crippen LogP contribution in [-0.4, -0.2) is 57.4 Å². The average Bonchev–Trinajstić information content (AvgIpc) is 2.97. The van der Waals surface area contributed by atoms with Crippen LogP contribution in [0.2, 0.25) is 0 Å². The van der Waals surface area contributed by atoms with Crippen LogP contribution in [0.15, 0.2) is 58.3 Å². The molecule has 0 aliphatic carbocycles. The summed E-state index contributed by atoms with van der Waals surface area (Å²) < 4.78 is 13.9. The van der Waals surface area contributed by atoms with Crippen molar-refractivity contribution in [1.82, 2.24) is 0 Å². The van der Waals surface area contributed by atoms with Gasteiger partial charge in [0.1, 0.15) is 11.1 Å². The van der Waals surface area contributed by atoms with E-state index in [1.54, 1.807) is 12.1 Å². The van der Waals surface area contributed by atoms with Crippen LogP contribution >= 0.6 is 0 Å². The highest BCUT2D eigenvalue weighted by molar-refractivity contribution is 7.91. The van der Waals surface area contributed by atoms with Crippen LogP contribution in [0.5, 0.6) is 0 Å². The van der Waals surface area contributed by atoms with Crippen LogP contribution in [0.1, 0.15) is 125 Å². The molecule has 0 spiro atoms. The topological polar surface area (TPSA) is 97.7 Å². The Bertz CT molecular complexity index is 909. The van der Waals surface area contributed by atoms with E-state index >= 15 is 0 Å². The van der Waals surface area contributed by atoms with Gasteiger partial charge in [0.15, 0.2) is 9.79 Å². The predicted molar refractivity (Wildman–Crippen MR) is 169 cm³/mol. The van der Waals surface area contributed by atoms with Gasteiger partial charge < -0.3 is 19.2 Å². The second-order valence-electron chi connectivity index (χ2n) is 10.9. The molecule has 6 nitrogen and oxygen atoms in total. The Kier molecular flexibility index (Phi) is 19.1. The third-order valence-corrected chi connectivity index (χ3v) is 9.09. The Morgan fingerprint density at radius 1 is 0.585 bits per heavy atom. The molecule has 0 radical (unpaired) electrons. The number of nitrogens with zero attached hydrogens (tertiary/aromatic N) is 1. The van der Waals surface area contributed by atoms with Gasteiger partial charge in [0.05, 0.1) is 26.2 Å². The molecule has 2 aromatic rings. The number of carbonyl (C=O) groups is 2. The summed E-state index contributed by atoms with van der Waals surface area (Å²) in [7, 11) is 0. The highest BCUT2D eigenvalue weighted by Crippen LogP contribution is 2.27. The number of unbranched alkanes of at least 4 members (excludes halogenated alkanes) is 8. The molecule has 0 unspecified atom stereocenters. The molecule has 0 heterocycles. The van der Waals surface area contributed by atoms with Crippen LogP contribution in [-0.2, 0) is 11.2 Å². The van der Waals surface area contributed by atoms with E-state index in [0.717, 1.165) is 0 Å². The van der Waals surface area contributed by atoms with Crippen molar-refractivity contribution in [3.05, 3.63) is 59.7 Å². The van der Waals surface area contributed by atoms with E-state index in [4.69, 9.17) is 10.2 Å². The minimum atomic E-state index is -1.87. The van der Waals surface area contributed by atoms with Gasteiger partial charge in [-0.1, -0.05) is 77.6 Å². The van der Waals surface area contributed by atoms with Crippen molar-refractivity contribution in [2.75, 3.05) is 26.2 Å². The molecule has 2 N–H and O–H groups in total. The number of hydrogen-bond acceptors (Lipinski definition) is 3. The lowest BCUT2D eigenvalue weighted by molar-refractivity contribution is -0.929. The fourth-order valence-electron chi connectivity index (χ4n) is 5.19. The van der Waals surface area contributed by atoms with E-state index in [1.165, 1.54) is 144 Å². The summed E-state index contributed by atoms with van der Waals surface area (Å²) in [4.78, 5) is 22.4. The predicted octanol–water partition coefficient (Wildman–Crippen LogP) is 8.81. The SMILES string of the molecule is CCCCC[N+](CCCCC)(CCCCC)CCCCC.O=C(O)c1ccccc1[S+]([O-])c1ccccc1C(=O)O. The summed E-state index contributed by atoms with van der Waals surface area (Å²) in [6, 6.07) is 11.7. The van der Waals surface area contributed by atoms with Gasteiger partial charge in [-0.15, -0.1) is 0 Å². The minimum Gasteiger partial charge on any atom is -0.606 e. The first-order valence-electron chi connectivity index (χ1n) is 15.7. The number of carboxylic acid groups (broad SMARTS) is 2. The molecular formula is C34H54NO5S+. The van der Waals surface area contributed by atoms with Gasteiger partial charge in [0.25, 0.3) is 0 Å². The fourth-order valence-corrected chi connectivity index (χ4v) is 6.54. The largest absolute Gasteiger partial charge is 0.606 e. The van der Waals surface area contributed by atoms with Crippen molar-refractivity contribution in [2.24, 2.45) is 0 Å².